The third-order valence-electron chi connectivity index (χ3n) is 2.57. The molecule has 0 aliphatic heterocycles. The number of methoxy groups -OCH3 is 1. The van der Waals surface area contributed by atoms with Crippen molar-refractivity contribution in [1.82, 2.24) is 14.2 Å². The molecule has 1 N–H and O–H groups in total. The monoisotopic (exact) mass is 251 g/mol. The molecule has 0 amide bonds. The third-order valence-corrected chi connectivity index (χ3v) is 2.57. The van der Waals surface area contributed by atoms with Crippen molar-refractivity contribution in [2.45, 2.75) is 19.1 Å². The molecular formula is C11H13N3O4. The van der Waals surface area contributed by atoms with Gasteiger partial charge < -0.3 is 9.84 Å². The van der Waals surface area contributed by atoms with Gasteiger partial charge in [0.15, 0.2) is 11.2 Å². The van der Waals surface area contributed by atoms with Gasteiger partial charge in [0.05, 0.1) is 13.7 Å². The zero-order valence-corrected chi connectivity index (χ0v) is 10.0. The maximum Gasteiger partial charge on any atom is 0.350 e. The van der Waals surface area contributed by atoms with E-state index in [0.717, 1.165) is 4.68 Å². The van der Waals surface area contributed by atoms with Crippen LogP contribution in [0.3, 0.4) is 0 Å². The zero-order chi connectivity index (χ0) is 13.3. The summed E-state index contributed by atoms with van der Waals surface area (Å²) in [4.78, 5) is 23.3. The quantitative estimate of drug-likeness (QED) is 0.738. The summed E-state index contributed by atoms with van der Waals surface area (Å²) < 4.78 is 6.82. The number of esters is 1. The number of carbonyl (C=O) groups is 1. The first kappa shape index (κ1) is 12.3. The van der Waals surface area contributed by atoms with E-state index in [2.05, 4.69) is 9.84 Å². The Morgan fingerprint density at radius 2 is 2.28 bits per heavy atom. The van der Waals surface area contributed by atoms with Gasteiger partial charge in [-0.15, -0.1) is 5.10 Å². The number of fused-ring (bicyclic) bond motifs is 1. The summed E-state index contributed by atoms with van der Waals surface area (Å²) in [5, 5.41) is 13.9. The van der Waals surface area contributed by atoms with Crippen LogP contribution < -0.4 is 5.69 Å². The van der Waals surface area contributed by atoms with Crippen LogP contribution in [0.1, 0.15) is 6.92 Å². The fourth-order valence-electron chi connectivity index (χ4n) is 1.65. The van der Waals surface area contributed by atoms with E-state index in [-0.39, 0.29) is 6.54 Å². The van der Waals surface area contributed by atoms with E-state index in [1.807, 2.05) is 0 Å². The van der Waals surface area contributed by atoms with Gasteiger partial charge in [0.1, 0.15) is 0 Å². The molecule has 2 aromatic rings. The number of carbonyl (C=O) groups excluding carboxylic acids is 1. The molecule has 0 saturated carbocycles. The number of rotatable bonds is 3. The molecule has 7 nitrogen and oxygen atoms in total. The first-order chi connectivity index (χ1) is 8.45. The van der Waals surface area contributed by atoms with Crippen molar-refractivity contribution in [3.8, 4) is 0 Å². The predicted octanol–water partition coefficient (Wildman–Crippen LogP) is -0.580. The van der Waals surface area contributed by atoms with Crippen molar-refractivity contribution in [3.63, 3.8) is 0 Å². The Morgan fingerprint density at radius 3 is 2.89 bits per heavy atom. The molecule has 0 aromatic carbocycles. The number of pyridine rings is 1. The van der Waals surface area contributed by atoms with Crippen molar-refractivity contribution in [1.29, 1.82) is 0 Å². The Hall–Kier alpha value is -2.15. The fraction of sp³-hybridized carbons (Fsp3) is 0.364. The summed E-state index contributed by atoms with van der Waals surface area (Å²) in [5.74, 6) is -0.813. The molecule has 0 saturated heterocycles. The van der Waals surface area contributed by atoms with Crippen LogP contribution in [0.15, 0.2) is 29.2 Å². The topological polar surface area (TPSA) is 85.8 Å². The number of aromatic nitrogens is 3. The molecule has 1 atom stereocenters. The van der Waals surface area contributed by atoms with E-state index in [1.165, 1.54) is 18.4 Å². The molecule has 2 rings (SSSR count). The van der Waals surface area contributed by atoms with Crippen molar-refractivity contribution in [3.05, 3.63) is 34.9 Å². The van der Waals surface area contributed by atoms with Crippen LogP contribution in [0.25, 0.3) is 5.65 Å². The molecule has 0 aliphatic rings. The highest BCUT2D eigenvalue weighted by molar-refractivity contribution is 5.78. The van der Waals surface area contributed by atoms with E-state index in [4.69, 9.17) is 0 Å². The van der Waals surface area contributed by atoms with Crippen LogP contribution in [0, 0.1) is 0 Å². The number of aliphatic hydroxyl groups is 1. The molecule has 96 valence electrons. The molecule has 18 heavy (non-hydrogen) atoms. The summed E-state index contributed by atoms with van der Waals surface area (Å²) in [6.07, 6.45) is 1.56. The molecule has 2 heterocycles. The summed E-state index contributed by atoms with van der Waals surface area (Å²) in [7, 11) is 1.17. The minimum Gasteiger partial charge on any atom is -0.467 e. The van der Waals surface area contributed by atoms with E-state index in [9.17, 15) is 14.7 Å². The summed E-state index contributed by atoms with van der Waals surface area (Å²) in [6, 6.07) is 5.09. The van der Waals surface area contributed by atoms with E-state index < -0.39 is 17.3 Å². The number of nitrogens with zero attached hydrogens (tertiary/aromatic N) is 3. The molecule has 2 aromatic heterocycles. The molecule has 7 heteroatoms. The lowest BCUT2D eigenvalue weighted by atomic mass is 10.1. The highest BCUT2D eigenvalue weighted by Crippen LogP contribution is 2.08. The number of hydrogen-bond acceptors (Lipinski definition) is 5. The van der Waals surface area contributed by atoms with E-state index >= 15 is 0 Å². The molecule has 0 fully saturated rings. The van der Waals surface area contributed by atoms with Crippen LogP contribution in [0.4, 0.5) is 0 Å². The molecular weight excluding hydrogens is 238 g/mol. The lowest BCUT2D eigenvalue weighted by Crippen LogP contribution is -2.43. The van der Waals surface area contributed by atoms with E-state index in [1.54, 1.807) is 24.4 Å². The maximum absolute atomic E-state index is 11.9. The van der Waals surface area contributed by atoms with Crippen LogP contribution in [-0.2, 0) is 16.1 Å². The van der Waals surface area contributed by atoms with Gasteiger partial charge in [-0.25, -0.2) is 14.3 Å². The van der Waals surface area contributed by atoms with Crippen LogP contribution in [0.2, 0.25) is 0 Å². The summed E-state index contributed by atoms with van der Waals surface area (Å²) in [6.45, 7) is 1.01. The molecule has 0 spiro atoms. The third kappa shape index (κ3) is 2.00. The Bertz CT molecular complexity index is 641. The normalized spacial score (nSPS) is 14.4. The zero-order valence-electron chi connectivity index (χ0n) is 10.0. The molecule has 0 aliphatic carbocycles. The van der Waals surface area contributed by atoms with Crippen LogP contribution in [0.5, 0.6) is 0 Å². The van der Waals surface area contributed by atoms with Gasteiger partial charge in [0.25, 0.3) is 0 Å². The maximum atomic E-state index is 11.9. The van der Waals surface area contributed by atoms with Gasteiger partial charge in [-0.05, 0) is 19.1 Å². The highest BCUT2D eigenvalue weighted by atomic mass is 16.5. The van der Waals surface area contributed by atoms with E-state index in [0.29, 0.717) is 5.65 Å². The number of hydrogen-bond donors (Lipinski definition) is 1. The predicted molar refractivity (Wildman–Crippen MR) is 62.1 cm³/mol. The summed E-state index contributed by atoms with van der Waals surface area (Å²) >= 11 is 0. The largest absolute Gasteiger partial charge is 0.467 e. The van der Waals surface area contributed by atoms with Gasteiger partial charge in [0.2, 0.25) is 0 Å². The van der Waals surface area contributed by atoms with Gasteiger partial charge in [0, 0.05) is 6.20 Å². The standard InChI is InChI=1S/C11H13N3O4/c1-11(17,9(15)18-2)7-14-10(16)13-6-4-3-5-8(13)12-14/h3-6,17H,7H2,1-2H3. The summed E-state index contributed by atoms with van der Waals surface area (Å²) in [5.41, 5.74) is -1.77. The fourth-order valence-corrected chi connectivity index (χ4v) is 1.65. The first-order valence-electron chi connectivity index (χ1n) is 5.31. The Morgan fingerprint density at radius 1 is 1.56 bits per heavy atom. The van der Waals surface area contributed by atoms with Crippen molar-refractivity contribution < 1.29 is 14.6 Å². The van der Waals surface area contributed by atoms with Gasteiger partial charge in [-0.2, -0.15) is 0 Å². The van der Waals surface area contributed by atoms with Gasteiger partial charge in [-0.3, -0.25) is 4.40 Å². The minimum absolute atomic E-state index is 0.264. The average molecular weight is 251 g/mol. The van der Waals surface area contributed by atoms with Crippen LogP contribution in [-0.4, -0.2) is 38.0 Å². The minimum atomic E-state index is -1.80. The Balaban J connectivity index is 2.41. The molecule has 0 bridgehead atoms. The molecule has 1 unspecified atom stereocenters. The Kier molecular flexibility index (Phi) is 2.92. The van der Waals surface area contributed by atoms with Crippen LogP contribution >= 0.6 is 0 Å². The Labute approximate surface area is 102 Å². The second kappa shape index (κ2) is 4.26. The van der Waals surface area contributed by atoms with Crippen molar-refractivity contribution in [2.24, 2.45) is 0 Å². The lowest BCUT2D eigenvalue weighted by Gasteiger charge is -2.18. The number of ether oxygens (including phenoxy) is 1. The van der Waals surface area contributed by atoms with Gasteiger partial charge in [-0.1, -0.05) is 6.07 Å². The molecule has 0 radical (unpaired) electrons. The lowest BCUT2D eigenvalue weighted by molar-refractivity contribution is -0.162. The first-order valence-corrected chi connectivity index (χ1v) is 5.31. The second-order valence-electron chi connectivity index (χ2n) is 4.13. The SMILES string of the molecule is COC(=O)C(C)(O)Cn1nc2ccccn2c1=O. The average Bonchev–Trinajstić information content (AvgIpc) is 2.65. The van der Waals surface area contributed by atoms with Crippen molar-refractivity contribution in [2.75, 3.05) is 7.11 Å². The second-order valence-corrected chi connectivity index (χ2v) is 4.13. The smallest absolute Gasteiger partial charge is 0.350 e. The highest BCUT2D eigenvalue weighted by Gasteiger charge is 2.33. The van der Waals surface area contributed by atoms with Crippen molar-refractivity contribution >= 4 is 11.6 Å². The van der Waals surface area contributed by atoms with Gasteiger partial charge >= 0.3 is 11.7 Å².